The Kier molecular flexibility index (Phi) is 5.47. The molecule has 25 heavy (non-hydrogen) atoms. The summed E-state index contributed by atoms with van der Waals surface area (Å²) in [5.41, 5.74) is 1.05. The minimum atomic E-state index is -0.0142. The standard InChI is InChI=1S/C19H30N4O2/c1-15(2)25-17-13-16(5-9-20-17)21-18(24)23-10-4-6-19(14-23)7-11-22(3)12-8-19/h5,9,13,15H,4,6-8,10-12,14H2,1-3H3,(H,20,21,24). The van der Waals surface area contributed by atoms with Gasteiger partial charge in [0.1, 0.15) is 0 Å². The van der Waals surface area contributed by atoms with Crippen LogP contribution < -0.4 is 10.1 Å². The van der Waals surface area contributed by atoms with E-state index in [1.165, 1.54) is 19.3 Å². The summed E-state index contributed by atoms with van der Waals surface area (Å²) in [6, 6.07) is 3.58. The number of urea groups is 1. The molecule has 1 aromatic heterocycles. The van der Waals surface area contributed by atoms with Crippen LogP contribution in [0.15, 0.2) is 18.3 Å². The summed E-state index contributed by atoms with van der Waals surface area (Å²) in [7, 11) is 2.18. The van der Waals surface area contributed by atoms with E-state index in [0.29, 0.717) is 11.3 Å². The second-order valence-electron chi connectivity index (χ2n) is 7.81. The lowest BCUT2D eigenvalue weighted by Gasteiger charge is -2.47. The van der Waals surface area contributed by atoms with E-state index >= 15 is 0 Å². The number of nitrogens with one attached hydrogen (secondary N) is 1. The molecule has 3 heterocycles. The van der Waals surface area contributed by atoms with Crippen LogP contribution in [0.4, 0.5) is 10.5 Å². The van der Waals surface area contributed by atoms with E-state index in [4.69, 9.17) is 4.74 Å². The molecular weight excluding hydrogens is 316 g/mol. The molecule has 0 atom stereocenters. The lowest BCUT2D eigenvalue weighted by Crippen LogP contribution is -2.51. The fraction of sp³-hybridized carbons (Fsp3) is 0.684. The Bertz CT molecular complexity index is 597. The number of carbonyl (C=O) groups excluding carboxylic acids is 1. The molecule has 138 valence electrons. The number of likely N-dealkylation sites (tertiary alicyclic amines) is 2. The number of piperidine rings is 2. The fourth-order valence-corrected chi connectivity index (χ4v) is 3.88. The quantitative estimate of drug-likeness (QED) is 0.913. The van der Waals surface area contributed by atoms with E-state index in [1.54, 1.807) is 18.3 Å². The first-order valence-electron chi connectivity index (χ1n) is 9.33. The Morgan fingerprint density at radius 2 is 2.04 bits per heavy atom. The lowest BCUT2D eigenvalue weighted by molar-refractivity contribution is 0.0486. The Balaban J connectivity index is 1.61. The average molecular weight is 346 g/mol. The highest BCUT2D eigenvalue weighted by Crippen LogP contribution is 2.39. The van der Waals surface area contributed by atoms with Gasteiger partial charge in [-0.05, 0) is 71.1 Å². The summed E-state index contributed by atoms with van der Waals surface area (Å²) < 4.78 is 5.60. The first-order chi connectivity index (χ1) is 12.0. The van der Waals surface area contributed by atoms with E-state index in [0.717, 1.165) is 38.3 Å². The number of rotatable bonds is 3. The van der Waals surface area contributed by atoms with Gasteiger partial charge in [-0.25, -0.2) is 9.78 Å². The van der Waals surface area contributed by atoms with Crippen LogP contribution in [0, 0.1) is 5.41 Å². The predicted molar refractivity (Wildman–Crippen MR) is 99.0 cm³/mol. The largest absolute Gasteiger partial charge is 0.475 e. The van der Waals surface area contributed by atoms with E-state index in [2.05, 4.69) is 22.2 Å². The van der Waals surface area contributed by atoms with E-state index < -0.39 is 0 Å². The van der Waals surface area contributed by atoms with Gasteiger partial charge in [-0.2, -0.15) is 0 Å². The van der Waals surface area contributed by atoms with Gasteiger partial charge < -0.3 is 19.9 Å². The van der Waals surface area contributed by atoms with Crippen molar-refractivity contribution in [3.05, 3.63) is 18.3 Å². The molecule has 1 aromatic rings. The minimum Gasteiger partial charge on any atom is -0.475 e. The third-order valence-electron chi connectivity index (χ3n) is 5.34. The van der Waals surface area contributed by atoms with Gasteiger partial charge in [0.2, 0.25) is 5.88 Å². The molecule has 0 aromatic carbocycles. The Morgan fingerprint density at radius 1 is 1.28 bits per heavy atom. The number of carbonyl (C=O) groups is 1. The van der Waals surface area contributed by atoms with Crippen molar-refractivity contribution in [2.24, 2.45) is 5.41 Å². The summed E-state index contributed by atoms with van der Waals surface area (Å²) in [4.78, 5) is 21.3. The summed E-state index contributed by atoms with van der Waals surface area (Å²) >= 11 is 0. The van der Waals surface area contributed by atoms with Crippen molar-refractivity contribution in [2.45, 2.75) is 45.6 Å². The van der Waals surface area contributed by atoms with Gasteiger partial charge >= 0.3 is 6.03 Å². The summed E-state index contributed by atoms with van der Waals surface area (Å²) in [5, 5.41) is 3.01. The second kappa shape index (κ2) is 7.60. The summed E-state index contributed by atoms with van der Waals surface area (Å²) in [6.07, 6.45) is 6.44. The maximum atomic E-state index is 12.7. The third-order valence-corrected chi connectivity index (χ3v) is 5.34. The van der Waals surface area contributed by atoms with Gasteiger partial charge in [-0.1, -0.05) is 0 Å². The summed E-state index contributed by atoms with van der Waals surface area (Å²) in [6.45, 7) is 7.89. The van der Waals surface area contributed by atoms with Gasteiger partial charge in [0, 0.05) is 31.0 Å². The molecule has 3 rings (SSSR count). The van der Waals surface area contributed by atoms with Gasteiger partial charge in [0.15, 0.2) is 0 Å². The molecule has 1 N–H and O–H groups in total. The number of ether oxygens (including phenoxy) is 1. The SMILES string of the molecule is CC(C)Oc1cc(NC(=O)N2CCCC3(CCN(C)CC3)C2)ccn1. The molecule has 2 fully saturated rings. The highest BCUT2D eigenvalue weighted by atomic mass is 16.5. The maximum absolute atomic E-state index is 12.7. The van der Waals surface area contributed by atoms with E-state index in [1.807, 2.05) is 18.7 Å². The number of aromatic nitrogens is 1. The van der Waals surface area contributed by atoms with Crippen molar-refractivity contribution in [1.82, 2.24) is 14.8 Å². The second-order valence-corrected chi connectivity index (χ2v) is 7.81. The number of pyridine rings is 1. The molecule has 1 spiro atoms. The smallest absolute Gasteiger partial charge is 0.321 e. The third kappa shape index (κ3) is 4.63. The molecule has 0 radical (unpaired) electrons. The molecule has 0 saturated carbocycles. The Labute approximate surface area is 150 Å². The van der Waals surface area contributed by atoms with Crippen LogP contribution >= 0.6 is 0 Å². The molecule has 0 unspecified atom stereocenters. The van der Waals surface area contributed by atoms with Crippen molar-refractivity contribution < 1.29 is 9.53 Å². The highest BCUT2D eigenvalue weighted by molar-refractivity contribution is 5.89. The van der Waals surface area contributed by atoms with E-state index in [9.17, 15) is 4.79 Å². The molecule has 2 aliphatic heterocycles. The maximum Gasteiger partial charge on any atom is 0.321 e. The van der Waals surface area contributed by atoms with Crippen molar-refractivity contribution in [3.63, 3.8) is 0 Å². The van der Waals surface area contributed by atoms with Crippen LogP contribution in [0.5, 0.6) is 5.88 Å². The monoisotopic (exact) mass is 346 g/mol. The van der Waals surface area contributed by atoms with Crippen LogP contribution in [0.25, 0.3) is 0 Å². The molecule has 6 nitrogen and oxygen atoms in total. The molecule has 2 aliphatic rings. The fourth-order valence-electron chi connectivity index (χ4n) is 3.88. The Hall–Kier alpha value is -1.82. The highest BCUT2D eigenvalue weighted by Gasteiger charge is 2.39. The van der Waals surface area contributed by atoms with Crippen LogP contribution in [-0.2, 0) is 0 Å². The van der Waals surface area contributed by atoms with Crippen LogP contribution in [0.2, 0.25) is 0 Å². The zero-order valence-corrected chi connectivity index (χ0v) is 15.6. The first kappa shape index (κ1) is 18.0. The van der Waals surface area contributed by atoms with E-state index in [-0.39, 0.29) is 12.1 Å². The van der Waals surface area contributed by atoms with Gasteiger partial charge in [-0.15, -0.1) is 0 Å². The topological polar surface area (TPSA) is 57.7 Å². The average Bonchev–Trinajstić information content (AvgIpc) is 2.58. The number of nitrogens with zero attached hydrogens (tertiary/aromatic N) is 3. The Morgan fingerprint density at radius 3 is 2.76 bits per heavy atom. The normalized spacial score (nSPS) is 20.7. The predicted octanol–water partition coefficient (Wildman–Crippen LogP) is 3.21. The van der Waals surface area contributed by atoms with Crippen LogP contribution in [0.3, 0.4) is 0 Å². The van der Waals surface area contributed by atoms with Crippen molar-refractivity contribution >= 4 is 11.7 Å². The molecule has 0 aliphatic carbocycles. The number of anilines is 1. The molecule has 2 amide bonds. The summed E-state index contributed by atoms with van der Waals surface area (Å²) in [5.74, 6) is 0.540. The number of amides is 2. The zero-order valence-electron chi connectivity index (χ0n) is 15.6. The van der Waals surface area contributed by atoms with Gasteiger partial charge in [0.05, 0.1) is 6.10 Å². The van der Waals surface area contributed by atoms with Crippen LogP contribution in [0.1, 0.15) is 39.5 Å². The van der Waals surface area contributed by atoms with Crippen molar-refractivity contribution in [2.75, 3.05) is 38.5 Å². The van der Waals surface area contributed by atoms with Crippen molar-refractivity contribution in [3.8, 4) is 5.88 Å². The molecule has 2 saturated heterocycles. The molecule has 6 heteroatoms. The number of hydrogen-bond acceptors (Lipinski definition) is 4. The first-order valence-corrected chi connectivity index (χ1v) is 9.33. The molecule has 0 bridgehead atoms. The van der Waals surface area contributed by atoms with Crippen LogP contribution in [-0.4, -0.2) is 60.1 Å². The minimum absolute atomic E-state index is 0.0142. The van der Waals surface area contributed by atoms with Gasteiger partial charge in [0.25, 0.3) is 0 Å². The molecular formula is C19H30N4O2. The van der Waals surface area contributed by atoms with Crippen molar-refractivity contribution in [1.29, 1.82) is 0 Å². The zero-order chi connectivity index (χ0) is 17.9. The number of hydrogen-bond donors (Lipinski definition) is 1. The lowest BCUT2D eigenvalue weighted by atomic mass is 9.72. The van der Waals surface area contributed by atoms with Gasteiger partial charge in [-0.3, -0.25) is 0 Å².